The molecule has 0 radical (unpaired) electrons. The molecule has 1 unspecified atom stereocenters. The van der Waals surface area contributed by atoms with Crippen molar-refractivity contribution in [2.45, 2.75) is 19.3 Å². The minimum absolute atomic E-state index is 0. The molecule has 2 nitrogen and oxygen atoms in total. The molecule has 1 aliphatic rings. The summed E-state index contributed by atoms with van der Waals surface area (Å²) in [6.45, 7) is 2.57. The number of amides is 1. The zero-order valence-corrected chi connectivity index (χ0v) is 13.6. The van der Waals surface area contributed by atoms with Crippen LogP contribution in [0.3, 0.4) is 0 Å². The quantitative estimate of drug-likeness (QED) is 0.603. The van der Waals surface area contributed by atoms with E-state index in [0.29, 0.717) is 6.54 Å². The molecule has 0 saturated heterocycles. The molecule has 3 heteroatoms. The van der Waals surface area contributed by atoms with Gasteiger partial charge < -0.3 is 10.1 Å². The van der Waals surface area contributed by atoms with E-state index in [2.05, 4.69) is 11.4 Å². The summed E-state index contributed by atoms with van der Waals surface area (Å²) in [7, 11) is 0. The molecule has 0 saturated carbocycles. The van der Waals surface area contributed by atoms with Gasteiger partial charge >= 0.3 is 58.2 Å². The van der Waals surface area contributed by atoms with Gasteiger partial charge in [-0.3, -0.25) is 0 Å². The van der Waals surface area contributed by atoms with Gasteiger partial charge in [0.25, 0.3) is 0 Å². The summed E-state index contributed by atoms with van der Waals surface area (Å²) in [6.07, 6.45) is 0.895. The maximum absolute atomic E-state index is 11.4. The van der Waals surface area contributed by atoms with E-state index in [1.807, 2.05) is 25.1 Å². The standard InChI is InChI=1S/C11H13NO.Rb/c1-8-10-5-3-2-4-9(10)6-7-12-11(8)13;/h2-5,8H,6-7H2,1H3,(H,12,13);/q;+1/p-1. The second-order valence-electron chi connectivity index (χ2n) is 3.39. The number of hydrogen-bond acceptors (Lipinski definition) is 1. The summed E-state index contributed by atoms with van der Waals surface area (Å²) in [4.78, 5) is 11.4. The van der Waals surface area contributed by atoms with E-state index in [0.717, 1.165) is 12.0 Å². The number of benzene rings is 1. The van der Waals surface area contributed by atoms with Crippen molar-refractivity contribution in [3.8, 4) is 0 Å². The SMILES string of the molecule is CC1C(=O)[N-]CCc2ccccc21.[Rb+]. The van der Waals surface area contributed by atoms with Crippen molar-refractivity contribution in [2.24, 2.45) is 0 Å². The van der Waals surface area contributed by atoms with Crippen molar-refractivity contribution >= 4 is 5.91 Å². The Kier molecular flexibility index (Phi) is 4.98. The average molecular weight is 260 g/mol. The molecule has 14 heavy (non-hydrogen) atoms. The van der Waals surface area contributed by atoms with Gasteiger partial charge in [0, 0.05) is 5.92 Å². The van der Waals surface area contributed by atoms with E-state index in [1.54, 1.807) is 0 Å². The van der Waals surface area contributed by atoms with Gasteiger partial charge in [-0.1, -0.05) is 31.2 Å². The third kappa shape index (κ3) is 2.54. The number of carbonyl (C=O) groups is 1. The first-order valence-electron chi connectivity index (χ1n) is 4.58. The van der Waals surface area contributed by atoms with Gasteiger partial charge in [-0.2, -0.15) is 0 Å². The molecule has 1 amide bonds. The number of hydrogen-bond donors (Lipinski definition) is 0. The molecule has 0 fully saturated rings. The summed E-state index contributed by atoms with van der Waals surface area (Å²) in [5, 5.41) is 3.98. The van der Waals surface area contributed by atoms with Gasteiger partial charge in [-0.05, 0) is 17.5 Å². The maximum atomic E-state index is 11.4. The summed E-state index contributed by atoms with van der Waals surface area (Å²) in [5.41, 5.74) is 2.42. The zero-order valence-electron chi connectivity index (χ0n) is 8.66. The zero-order chi connectivity index (χ0) is 9.26. The summed E-state index contributed by atoms with van der Waals surface area (Å²) in [5.74, 6) is -0.0383. The second-order valence-corrected chi connectivity index (χ2v) is 3.39. The second kappa shape index (κ2) is 5.54. The molecular formula is C11H12NORb. The molecule has 1 atom stereocenters. The molecule has 1 aliphatic heterocycles. The first-order chi connectivity index (χ1) is 6.29. The van der Waals surface area contributed by atoms with Crippen LogP contribution in [0.1, 0.15) is 24.0 Å². The molecule has 2 rings (SSSR count). The molecule has 68 valence electrons. The fourth-order valence-corrected chi connectivity index (χ4v) is 1.74. The molecule has 0 aromatic heterocycles. The van der Waals surface area contributed by atoms with Crippen molar-refractivity contribution in [3.05, 3.63) is 40.7 Å². The van der Waals surface area contributed by atoms with Crippen molar-refractivity contribution < 1.29 is 63.0 Å². The number of fused-ring (bicyclic) bond motifs is 1. The van der Waals surface area contributed by atoms with E-state index in [4.69, 9.17) is 0 Å². The fraction of sp³-hybridized carbons (Fsp3) is 0.364. The molecule has 1 aromatic rings. The Morgan fingerprint density at radius 2 is 2.07 bits per heavy atom. The van der Waals surface area contributed by atoms with Crippen molar-refractivity contribution in [2.75, 3.05) is 6.54 Å². The molecule has 0 N–H and O–H groups in total. The van der Waals surface area contributed by atoms with Crippen LogP contribution in [0.4, 0.5) is 0 Å². The number of rotatable bonds is 0. The van der Waals surface area contributed by atoms with Gasteiger partial charge in [0.1, 0.15) is 0 Å². The normalized spacial score (nSPS) is 20.1. The van der Waals surface area contributed by atoms with Gasteiger partial charge in [0.2, 0.25) is 0 Å². The molecule has 1 aromatic carbocycles. The Labute approximate surface area is 133 Å². The number of carbonyl (C=O) groups excluding carboxylic acids is 1. The van der Waals surface area contributed by atoms with E-state index in [-0.39, 0.29) is 70.0 Å². The van der Waals surface area contributed by atoms with Crippen LogP contribution in [0.5, 0.6) is 0 Å². The number of nitrogens with zero attached hydrogens (tertiary/aromatic N) is 1. The molecular weight excluding hydrogens is 248 g/mol. The molecule has 0 bridgehead atoms. The first-order valence-corrected chi connectivity index (χ1v) is 4.58. The van der Waals surface area contributed by atoms with Crippen LogP contribution in [0, 0.1) is 0 Å². The Balaban J connectivity index is 0.000000980. The summed E-state index contributed by atoms with van der Waals surface area (Å²) >= 11 is 0. The van der Waals surface area contributed by atoms with E-state index < -0.39 is 0 Å². The average Bonchev–Trinajstić information content (AvgIpc) is 2.29. The van der Waals surface area contributed by atoms with Crippen LogP contribution in [0.25, 0.3) is 5.32 Å². The Morgan fingerprint density at radius 1 is 1.36 bits per heavy atom. The molecule has 0 spiro atoms. The third-order valence-electron chi connectivity index (χ3n) is 2.54. The van der Waals surface area contributed by atoms with E-state index >= 15 is 0 Å². The topological polar surface area (TPSA) is 31.2 Å². The van der Waals surface area contributed by atoms with Crippen LogP contribution in [-0.2, 0) is 11.2 Å². The van der Waals surface area contributed by atoms with Gasteiger partial charge in [0.05, 0.1) is 5.91 Å². The largest absolute Gasteiger partial charge is 1.00 e. The minimum atomic E-state index is -0.0568. The third-order valence-corrected chi connectivity index (χ3v) is 2.54. The maximum Gasteiger partial charge on any atom is 1.00 e. The predicted molar refractivity (Wildman–Crippen MR) is 51.8 cm³/mol. The van der Waals surface area contributed by atoms with E-state index in [1.165, 1.54) is 5.56 Å². The predicted octanol–water partition coefficient (Wildman–Crippen LogP) is -0.750. The van der Waals surface area contributed by atoms with Crippen LogP contribution >= 0.6 is 0 Å². The summed E-state index contributed by atoms with van der Waals surface area (Å²) in [6, 6.07) is 8.11. The van der Waals surface area contributed by atoms with E-state index in [9.17, 15) is 4.79 Å². The van der Waals surface area contributed by atoms with Crippen LogP contribution < -0.4 is 58.2 Å². The molecule has 1 heterocycles. The van der Waals surface area contributed by atoms with Gasteiger partial charge in [-0.15, -0.1) is 6.54 Å². The van der Waals surface area contributed by atoms with Gasteiger partial charge in [-0.25, -0.2) is 0 Å². The summed E-state index contributed by atoms with van der Waals surface area (Å²) < 4.78 is 0. The molecule has 0 aliphatic carbocycles. The van der Waals surface area contributed by atoms with Gasteiger partial charge in [0.15, 0.2) is 0 Å². The van der Waals surface area contributed by atoms with Crippen LogP contribution in [0.15, 0.2) is 24.3 Å². The monoisotopic (exact) mass is 259 g/mol. The Bertz CT molecular complexity index is 338. The van der Waals surface area contributed by atoms with Crippen LogP contribution in [-0.4, -0.2) is 12.5 Å². The van der Waals surface area contributed by atoms with Crippen molar-refractivity contribution in [3.63, 3.8) is 0 Å². The van der Waals surface area contributed by atoms with Crippen molar-refractivity contribution in [1.29, 1.82) is 0 Å². The minimum Gasteiger partial charge on any atom is -0.653 e. The Morgan fingerprint density at radius 3 is 2.86 bits per heavy atom. The van der Waals surface area contributed by atoms with Crippen molar-refractivity contribution in [1.82, 2.24) is 0 Å². The smallest absolute Gasteiger partial charge is 0.653 e. The Hall–Kier alpha value is 0.495. The van der Waals surface area contributed by atoms with Crippen LogP contribution in [0.2, 0.25) is 0 Å². The first kappa shape index (κ1) is 12.6. The fourth-order valence-electron chi connectivity index (χ4n) is 1.74.